The molecule has 24 heavy (non-hydrogen) atoms. The molecule has 0 aromatic heterocycles. The Morgan fingerprint density at radius 2 is 2.04 bits per heavy atom. The maximum absolute atomic E-state index is 11.5. The van der Waals surface area contributed by atoms with Crippen molar-refractivity contribution in [3.63, 3.8) is 0 Å². The van der Waals surface area contributed by atoms with E-state index in [0.29, 0.717) is 18.3 Å². The third-order valence-corrected chi connectivity index (χ3v) is 8.30. The van der Waals surface area contributed by atoms with Gasteiger partial charge >= 0.3 is 0 Å². The minimum Gasteiger partial charge on any atom is -0.396 e. The largest absolute Gasteiger partial charge is 0.396 e. The fourth-order valence-corrected chi connectivity index (χ4v) is 6.79. The third kappa shape index (κ3) is 1.90. The predicted octanol–water partition coefficient (Wildman–Crippen LogP) is 4.39. The van der Waals surface area contributed by atoms with Gasteiger partial charge in [0.2, 0.25) is 0 Å². The topological polar surface area (TPSA) is 40.5 Å². The molecule has 0 amide bonds. The molecule has 2 saturated carbocycles. The standard InChI is InChI=1S/C22H32O2/c1-15-14-19-17-8-7-16-6-4-5-10-20(16,2)18(17)9-11-21(19,3)22(15,24)12-13-23/h5-6,9-10,15,17,19,23-24H,4,7-8,11-14H2,1-3H3/t15-,17-,19+,20+,21+,22-/m1/s1. The zero-order valence-electron chi connectivity index (χ0n) is 15.4. The van der Waals surface area contributed by atoms with Gasteiger partial charge in [0, 0.05) is 23.9 Å². The monoisotopic (exact) mass is 328 g/mol. The fourth-order valence-electron chi connectivity index (χ4n) is 6.79. The van der Waals surface area contributed by atoms with E-state index in [0.717, 1.165) is 19.3 Å². The molecule has 6 atom stereocenters. The van der Waals surface area contributed by atoms with Crippen molar-refractivity contribution in [3.8, 4) is 0 Å². The Morgan fingerprint density at radius 1 is 1.25 bits per heavy atom. The van der Waals surface area contributed by atoms with Crippen LogP contribution in [0.4, 0.5) is 0 Å². The smallest absolute Gasteiger partial charge is 0.0754 e. The number of aliphatic hydroxyl groups is 2. The summed E-state index contributed by atoms with van der Waals surface area (Å²) >= 11 is 0. The summed E-state index contributed by atoms with van der Waals surface area (Å²) in [5, 5.41) is 21.0. The minimum absolute atomic E-state index is 0.0811. The van der Waals surface area contributed by atoms with E-state index in [9.17, 15) is 10.2 Å². The zero-order valence-corrected chi connectivity index (χ0v) is 15.4. The van der Waals surface area contributed by atoms with E-state index in [1.807, 2.05) is 0 Å². The number of hydrogen-bond acceptors (Lipinski definition) is 2. The van der Waals surface area contributed by atoms with Gasteiger partial charge in [-0.2, -0.15) is 0 Å². The lowest BCUT2D eigenvalue weighted by atomic mass is 9.51. The molecule has 0 unspecified atom stereocenters. The lowest BCUT2D eigenvalue weighted by molar-refractivity contribution is -0.112. The Balaban J connectivity index is 1.76. The van der Waals surface area contributed by atoms with Crippen molar-refractivity contribution in [2.75, 3.05) is 6.61 Å². The Bertz CT molecular complexity index is 630. The van der Waals surface area contributed by atoms with Crippen LogP contribution in [0.5, 0.6) is 0 Å². The Kier molecular flexibility index (Phi) is 3.68. The Labute approximate surface area is 146 Å². The molecule has 0 radical (unpaired) electrons. The minimum atomic E-state index is -0.728. The lowest BCUT2D eigenvalue weighted by Crippen LogP contribution is -2.52. The average Bonchev–Trinajstić information content (AvgIpc) is 2.75. The second-order valence-electron chi connectivity index (χ2n) is 9.14. The lowest BCUT2D eigenvalue weighted by Gasteiger charge is -2.54. The van der Waals surface area contributed by atoms with E-state index < -0.39 is 5.60 Å². The van der Waals surface area contributed by atoms with E-state index in [-0.39, 0.29) is 23.4 Å². The summed E-state index contributed by atoms with van der Waals surface area (Å²) in [6.45, 7) is 6.95. The van der Waals surface area contributed by atoms with Gasteiger partial charge in [0.15, 0.2) is 0 Å². The molecule has 4 rings (SSSR count). The summed E-state index contributed by atoms with van der Waals surface area (Å²) in [5.41, 5.74) is 2.50. The van der Waals surface area contributed by atoms with Gasteiger partial charge < -0.3 is 10.2 Å². The van der Waals surface area contributed by atoms with Crippen molar-refractivity contribution in [2.24, 2.45) is 28.6 Å². The highest BCUT2D eigenvalue weighted by Gasteiger charge is 2.63. The van der Waals surface area contributed by atoms with Gasteiger partial charge in [-0.1, -0.05) is 49.3 Å². The van der Waals surface area contributed by atoms with Crippen molar-refractivity contribution >= 4 is 0 Å². The van der Waals surface area contributed by atoms with Gasteiger partial charge in [-0.3, -0.25) is 0 Å². The second-order valence-corrected chi connectivity index (χ2v) is 9.14. The first-order valence-electron chi connectivity index (χ1n) is 9.78. The molecule has 2 fully saturated rings. The molecule has 0 bridgehead atoms. The van der Waals surface area contributed by atoms with Crippen LogP contribution in [0.3, 0.4) is 0 Å². The Hall–Kier alpha value is -0.860. The van der Waals surface area contributed by atoms with Gasteiger partial charge in [-0.25, -0.2) is 0 Å². The van der Waals surface area contributed by atoms with E-state index in [4.69, 9.17) is 0 Å². The van der Waals surface area contributed by atoms with Crippen LogP contribution in [0.2, 0.25) is 0 Å². The summed E-state index contributed by atoms with van der Waals surface area (Å²) in [6, 6.07) is 0. The molecule has 4 aliphatic rings. The summed E-state index contributed by atoms with van der Waals surface area (Å²) < 4.78 is 0. The van der Waals surface area contributed by atoms with E-state index in [1.165, 1.54) is 12.8 Å². The van der Waals surface area contributed by atoms with Crippen LogP contribution in [-0.4, -0.2) is 22.4 Å². The third-order valence-electron chi connectivity index (χ3n) is 8.30. The maximum atomic E-state index is 11.5. The van der Waals surface area contributed by atoms with Crippen LogP contribution in [0.15, 0.2) is 35.5 Å². The van der Waals surface area contributed by atoms with Crippen LogP contribution in [0, 0.1) is 28.6 Å². The van der Waals surface area contributed by atoms with E-state index in [1.54, 1.807) is 11.1 Å². The van der Waals surface area contributed by atoms with Crippen molar-refractivity contribution in [3.05, 3.63) is 35.5 Å². The van der Waals surface area contributed by atoms with Crippen molar-refractivity contribution in [2.45, 2.75) is 64.9 Å². The highest BCUT2D eigenvalue weighted by Crippen LogP contribution is 2.66. The normalized spacial score (nSPS) is 49.8. The van der Waals surface area contributed by atoms with Gasteiger partial charge in [0.05, 0.1) is 5.60 Å². The highest BCUT2D eigenvalue weighted by atomic mass is 16.3. The molecule has 0 aliphatic heterocycles. The summed E-state index contributed by atoms with van der Waals surface area (Å²) in [5.74, 6) is 1.39. The predicted molar refractivity (Wildman–Crippen MR) is 97.4 cm³/mol. The van der Waals surface area contributed by atoms with Crippen LogP contribution in [0.1, 0.15) is 59.3 Å². The molecular weight excluding hydrogens is 296 g/mol. The average molecular weight is 328 g/mol. The molecule has 2 heteroatoms. The summed E-state index contributed by atoms with van der Waals surface area (Å²) in [6.07, 6.45) is 15.7. The fraction of sp³-hybridized carbons (Fsp3) is 0.727. The van der Waals surface area contributed by atoms with Crippen molar-refractivity contribution < 1.29 is 10.2 Å². The van der Waals surface area contributed by atoms with Crippen LogP contribution < -0.4 is 0 Å². The summed E-state index contributed by atoms with van der Waals surface area (Å²) in [4.78, 5) is 0. The SMILES string of the molecule is C[C@@H]1C[C@H]2[C@@H]3CCC4=CCC=C[C@]4(C)C3=CC[C@]2(C)[C@@]1(O)CCO. The number of allylic oxidation sites excluding steroid dienone is 6. The summed E-state index contributed by atoms with van der Waals surface area (Å²) in [7, 11) is 0. The molecule has 2 nitrogen and oxygen atoms in total. The molecule has 0 aromatic carbocycles. The number of fused-ring (bicyclic) bond motifs is 5. The maximum Gasteiger partial charge on any atom is 0.0754 e. The van der Waals surface area contributed by atoms with E-state index in [2.05, 4.69) is 45.1 Å². The van der Waals surface area contributed by atoms with Gasteiger partial charge in [-0.05, 0) is 56.8 Å². The van der Waals surface area contributed by atoms with Gasteiger partial charge in [0.1, 0.15) is 0 Å². The highest BCUT2D eigenvalue weighted by molar-refractivity contribution is 5.44. The zero-order chi connectivity index (χ0) is 17.2. The van der Waals surface area contributed by atoms with Gasteiger partial charge in [-0.15, -0.1) is 0 Å². The number of aliphatic hydroxyl groups excluding tert-OH is 1. The first kappa shape index (κ1) is 16.6. The number of hydrogen-bond donors (Lipinski definition) is 2. The first-order chi connectivity index (χ1) is 11.4. The van der Waals surface area contributed by atoms with Crippen molar-refractivity contribution in [1.82, 2.24) is 0 Å². The van der Waals surface area contributed by atoms with E-state index >= 15 is 0 Å². The Morgan fingerprint density at radius 3 is 2.79 bits per heavy atom. The van der Waals surface area contributed by atoms with Gasteiger partial charge in [0.25, 0.3) is 0 Å². The molecule has 0 aromatic rings. The molecule has 0 heterocycles. The molecule has 0 saturated heterocycles. The van der Waals surface area contributed by atoms with Crippen molar-refractivity contribution in [1.29, 1.82) is 0 Å². The van der Waals surface area contributed by atoms with Crippen LogP contribution in [-0.2, 0) is 0 Å². The first-order valence-corrected chi connectivity index (χ1v) is 9.78. The molecule has 132 valence electrons. The number of rotatable bonds is 2. The van der Waals surface area contributed by atoms with Crippen LogP contribution in [0.25, 0.3) is 0 Å². The second kappa shape index (κ2) is 5.32. The quantitative estimate of drug-likeness (QED) is 0.738. The molecule has 2 N–H and O–H groups in total. The van der Waals surface area contributed by atoms with Crippen LogP contribution >= 0.6 is 0 Å². The molecular formula is C22H32O2. The molecule has 4 aliphatic carbocycles. The molecule has 0 spiro atoms.